The molecule has 0 aliphatic heterocycles. The highest BCUT2D eigenvalue weighted by Crippen LogP contribution is 2.23. The van der Waals surface area contributed by atoms with Crippen molar-refractivity contribution >= 4 is 21.8 Å². The van der Waals surface area contributed by atoms with Crippen LogP contribution in [-0.2, 0) is 4.79 Å². The van der Waals surface area contributed by atoms with E-state index in [0.717, 1.165) is 16.5 Å². The number of carbonyl (C=O) groups excluding carboxylic acids is 1. The molecular formula is C14H21BrN2O. The largest absolute Gasteiger partial charge is 0.348 e. The Kier molecular flexibility index (Phi) is 5.35. The van der Waals surface area contributed by atoms with Gasteiger partial charge in [-0.3, -0.25) is 4.79 Å². The van der Waals surface area contributed by atoms with Crippen LogP contribution >= 0.6 is 15.9 Å². The molecule has 1 aromatic carbocycles. The van der Waals surface area contributed by atoms with Gasteiger partial charge in [0.05, 0.1) is 11.6 Å². The van der Waals surface area contributed by atoms with E-state index in [2.05, 4.69) is 21.2 Å². The van der Waals surface area contributed by atoms with Crippen molar-refractivity contribution in [1.82, 2.24) is 5.32 Å². The van der Waals surface area contributed by atoms with Crippen molar-refractivity contribution in [2.75, 3.05) is 0 Å². The van der Waals surface area contributed by atoms with Gasteiger partial charge in [0.15, 0.2) is 0 Å². The molecule has 0 spiro atoms. The minimum atomic E-state index is -0.801. The van der Waals surface area contributed by atoms with Gasteiger partial charge in [-0.05, 0) is 31.9 Å². The van der Waals surface area contributed by atoms with Crippen LogP contribution in [0.15, 0.2) is 28.7 Å². The van der Waals surface area contributed by atoms with Crippen molar-refractivity contribution in [2.45, 2.75) is 45.2 Å². The molecule has 0 heterocycles. The van der Waals surface area contributed by atoms with Crippen LogP contribution in [-0.4, -0.2) is 11.4 Å². The van der Waals surface area contributed by atoms with Crippen LogP contribution in [0.3, 0.4) is 0 Å². The summed E-state index contributed by atoms with van der Waals surface area (Å²) in [7, 11) is 0. The third-order valence-electron chi connectivity index (χ3n) is 3.01. The van der Waals surface area contributed by atoms with Gasteiger partial charge < -0.3 is 11.1 Å². The van der Waals surface area contributed by atoms with Gasteiger partial charge in [-0.1, -0.05) is 47.5 Å². The van der Waals surface area contributed by atoms with E-state index in [9.17, 15) is 4.79 Å². The number of rotatable bonds is 5. The summed E-state index contributed by atoms with van der Waals surface area (Å²) < 4.78 is 0.993. The number of hydrogen-bond donors (Lipinski definition) is 2. The lowest BCUT2D eigenvalue weighted by molar-refractivity contribution is -0.126. The lowest BCUT2D eigenvalue weighted by Gasteiger charge is -2.26. The first-order valence-corrected chi connectivity index (χ1v) is 7.02. The Morgan fingerprint density at radius 2 is 2.11 bits per heavy atom. The normalized spacial score (nSPS) is 15.8. The maximum Gasteiger partial charge on any atom is 0.240 e. The van der Waals surface area contributed by atoms with E-state index >= 15 is 0 Å². The SMILES string of the molecule is CCCC(C)(N)C(=O)NC(C)c1ccccc1Br. The molecule has 3 nitrogen and oxygen atoms in total. The Hall–Kier alpha value is -0.870. The summed E-state index contributed by atoms with van der Waals surface area (Å²) in [6, 6.07) is 7.80. The van der Waals surface area contributed by atoms with Crippen LogP contribution in [0.4, 0.5) is 0 Å². The topological polar surface area (TPSA) is 55.1 Å². The lowest BCUT2D eigenvalue weighted by Crippen LogP contribution is -2.52. The Labute approximate surface area is 117 Å². The van der Waals surface area contributed by atoms with Crippen LogP contribution in [0.5, 0.6) is 0 Å². The van der Waals surface area contributed by atoms with E-state index < -0.39 is 5.54 Å². The Bertz CT molecular complexity index is 418. The fraction of sp³-hybridized carbons (Fsp3) is 0.500. The van der Waals surface area contributed by atoms with Crippen LogP contribution in [0.1, 0.15) is 45.2 Å². The second-order valence-electron chi connectivity index (χ2n) is 4.88. The molecule has 0 saturated heterocycles. The first-order valence-electron chi connectivity index (χ1n) is 6.22. The molecule has 0 aliphatic carbocycles. The zero-order valence-electron chi connectivity index (χ0n) is 11.2. The van der Waals surface area contributed by atoms with E-state index in [1.807, 2.05) is 38.1 Å². The number of benzene rings is 1. The standard InChI is InChI=1S/C14H21BrN2O/c1-4-9-14(3,16)13(18)17-10(2)11-7-5-6-8-12(11)15/h5-8,10H,4,9,16H2,1-3H3,(H,17,18). The van der Waals surface area contributed by atoms with E-state index in [1.165, 1.54) is 0 Å². The summed E-state index contributed by atoms with van der Waals surface area (Å²) in [6.07, 6.45) is 1.57. The Morgan fingerprint density at radius 1 is 1.50 bits per heavy atom. The highest BCUT2D eigenvalue weighted by Gasteiger charge is 2.28. The first-order chi connectivity index (χ1) is 8.38. The number of halogens is 1. The van der Waals surface area contributed by atoms with Crippen molar-refractivity contribution in [1.29, 1.82) is 0 Å². The summed E-state index contributed by atoms with van der Waals surface area (Å²) in [5.74, 6) is -0.104. The highest BCUT2D eigenvalue weighted by atomic mass is 79.9. The van der Waals surface area contributed by atoms with Crippen molar-refractivity contribution in [3.8, 4) is 0 Å². The van der Waals surface area contributed by atoms with Gasteiger partial charge in [-0.15, -0.1) is 0 Å². The number of nitrogens with one attached hydrogen (secondary N) is 1. The second kappa shape index (κ2) is 6.34. The molecule has 100 valence electrons. The molecule has 4 heteroatoms. The van der Waals surface area contributed by atoms with Gasteiger partial charge in [-0.25, -0.2) is 0 Å². The van der Waals surface area contributed by atoms with Crippen LogP contribution in [0, 0.1) is 0 Å². The molecule has 18 heavy (non-hydrogen) atoms. The molecule has 0 aromatic heterocycles. The summed E-state index contributed by atoms with van der Waals surface area (Å²) >= 11 is 3.49. The molecule has 1 aromatic rings. The third kappa shape index (κ3) is 3.82. The van der Waals surface area contributed by atoms with Crippen molar-refractivity contribution < 1.29 is 4.79 Å². The summed E-state index contributed by atoms with van der Waals surface area (Å²) in [6.45, 7) is 5.76. The quantitative estimate of drug-likeness (QED) is 0.877. The molecule has 1 amide bonds. The number of nitrogens with two attached hydrogens (primary N) is 1. The minimum Gasteiger partial charge on any atom is -0.348 e. The molecule has 1 rings (SSSR count). The van der Waals surface area contributed by atoms with Crippen molar-refractivity contribution in [3.63, 3.8) is 0 Å². The predicted octanol–water partition coefficient (Wildman–Crippen LogP) is 3.14. The fourth-order valence-electron chi connectivity index (χ4n) is 1.90. The number of hydrogen-bond acceptors (Lipinski definition) is 2. The predicted molar refractivity (Wildman–Crippen MR) is 78.2 cm³/mol. The van der Waals surface area contributed by atoms with Crippen LogP contribution < -0.4 is 11.1 Å². The Balaban J connectivity index is 2.74. The average molecular weight is 313 g/mol. The van der Waals surface area contributed by atoms with E-state index in [0.29, 0.717) is 6.42 Å². The van der Waals surface area contributed by atoms with Crippen molar-refractivity contribution in [2.24, 2.45) is 5.73 Å². The van der Waals surface area contributed by atoms with Gasteiger partial charge in [-0.2, -0.15) is 0 Å². The lowest BCUT2D eigenvalue weighted by atomic mass is 9.95. The van der Waals surface area contributed by atoms with E-state index in [-0.39, 0.29) is 11.9 Å². The minimum absolute atomic E-state index is 0.0622. The molecule has 2 atom stereocenters. The van der Waals surface area contributed by atoms with Gasteiger partial charge in [0.25, 0.3) is 0 Å². The molecular weight excluding hydrogens is 292 g/mol. The smallest absolute Gasteiger partial charge is 0.240 e. The third-order valence-corrected chi connectivity index (χ3v) is 3.73. The summed E-state index contributed by atoms with van der Waals surface area (Å²) in [4.78, 5) is 12.1. The Morgan fingerprint density at radius 3 is 2.67 bits per heavy atom. The molecule has 3 N–H and O–H groups in total. The molecule has 0 fully saturated rings. The summed E-state index contributed by atoms with van der Waals surface area (Å²) in [5, 5.41) is 2.97. The molecule has 0 saturated carbocycles. The second-order valence-corrected chi connectivity index (χ2v) is 5.74. The van der Waals surface area contributed by atoms with Gasteiger partial charge in [0, 0.05) is 4.47 Å². The fourth-order valence-corrected chi connectivity index (χ4v) is 2.53. The van der Waals surface area contributed by atoms with Gasteiger partial charge in [0.1, 0.15) is 0 Å². The average Bonchev–Trinajstić information content (AvgIpc) is 2.29. The number of carbonyl (C=O) groups is 1. The molecule has 2 unspecified atom stereocenters. The number of amides is 1. The van der Waals surface area contributed by atoms with Crippen molar-refractivity contribution in [3.05, 3.63) is 34.3 Å². The van der Waals surface area contributed by atoms with Crippen LogP contribution in [0.25, 0.3) is 0 Å². The first kappa shape index (κ1) is 15.2. The maximum atomic E-state index is 12.1. The molecule has 0 bridgehead atoms. The van der Waals surface area contributed by atoms with E-state index in [4.69, 9.17) is 5.73 Å². The van der Waals surface area contributed by atoms with Crippen LogP contribution in [0.2, 0.25) is 0 Å². The van der Waals surface area contributed by atoms with E-state index in [1.54, 1.807) is 6.92 Å². The molecule has 0 aliphatic rings. The highest BCUT2D eigenvalue weighted by molar-refractivity contribution is 9.10. The zero-order valence-corrected chi connectivity index (χ0v) is 12.8. The van der Waals surface area contributed by atoms with Gasteiger partial charge >= 0.3 is 0 Å². The summed E-state index contributed by atoms with van der Waals surface area (Å²) in [5.41, 5.74) is 6.26. The maximum absolute atomic E-state index is 12.1. The van der Waals surface area contributed by atoms with Gasteiger partial charge in [0.2, 0.25) is 5.91 Å². The zero-order chi connectivity index (χ0) is 13.8. The monoisotopic (exact) mass is 312 g/mol. The molecule has 0 radical (unpaired) electrons.